The highest BCUT2D eigenvalue weighted by molar-refractivity contribution is 5.67. The Morgan fingerprint density at radius 2 is 0.778 bits per heavy atom. The third-order valence-electron chi connectivity index (χ3n) is 11.7. The van der Waals surface area contributed by atoms with Gasteiger partial charge in [0.25, 0.3) is 0 Å². The van der Waals surface area contributed by atoms with Gasteiger partial charge in [-0.1, -0.05) is 308 Å². The number of pyridine rings is 4. The molecule has 4 aromatic heterocycles. The van der Waals surface area contributed by atoms with Gasteiger partial charge in [-0.05, 0) is 102 Å². The molecule has 0 bridgehead atoms. The molecule has 0 saturated carbocycles. The highest BCUT2D eigenvalue weighted by atomic mass is 14.7. The molecule has 0 spiro atoms. The van der Waals surface area contributed by atoms with Gasteiger partial charge in [0.1, 0.15) is 0 Å². The highest BCUT2D eigenvalue weighted by Crippen LogP contribution is 2.24. The molecule has 10 aromatic rings. The van der Waals surface area contributed by atoms with E-state index in [2.05, 4.69) is 199 Å². The Labute approximate surface area is 493 Å². The summed E-state index contributed by atoms with van der Waals surface area (Å²) in [5.41, 5.74) is 17.0. The molecule has 0 amide bonds. The van der Waals surface area contributed by atoms with Crippen LogP contribution in [0.25, 0.3) is 55.9 Å². The summed E-state index contributed by atoms with van der Waals surface area (Å²) in [5, 5.41) is 0. The van der Waals surface area contributed by atoms with E-state index in [1.807, 2.05) is 167 Å². The van der Waals surface area contributed by atoms with Gasteiger partial charge in [0.05, 0.1) is 11.4 Å². The number of aromatic nitrogens is 4. The second kappa shape index (κ2) is 47.9. The summed E-state index contributed by atoms with van der Waals surface area (Å²) >= 11 is 0. The lowest BCUT2D eigenvalue weighted by Gasteiger charge is -2.05. The molecular weight excluding hydrogens is 981 g/mol. The van der Waals surface area contributed by atoms with Crippen LogP contribution >= 0.6 is 0 Å². The molecule has 0 unspecified atom stereocenters. The van der Waals surface area contributed by atoms with Crippen LogP contribution in [0.3, 0.4) is 0 Å². The number of nitrogens with zero attached hydrogens (tertiary/aromatic N) is 4. The van der Waals surface area contributed by atoms with Crippen molar-refractivity contribution in [2.45, 2.75) is 142 Å². The second-order valence-electron chi connectivity index (χ2n) is 17.3. The van der Waals surface area contributed by atoms with E-state index in [0.717, 1.165) is 41.8 Å². The van der Waals surface area contributed by atoms with Crippen molar-refractivity contribution >= 4 is 0 Å². The average Bonchev–Trinajstić information content (AvgIpc) is 3.57. The predicted octanol–water partition coefficient (Wildman–Crippen LogP) is 23.2. The molecule has 0 N–H and O–H groups in total. The number of rotatable bonds is 12. The minimum absolute atomic E-state index is 1.03. The van der Waals surface area contributed by atoms with Crippen LogP contribution < -0.4 is 0 Å². The zero-order valence-corrected chi connectivity index (χ0v) is 52.0. The quantitative estimate of drug-likeness (QED) is 0.114. The highest BCUT2D eigenvalue weighted by Gasteiger charge is 2.02. The number of hydrogen-bond acceptors (Lipinski definition) is 4. The molecule has 10 rings (SSSR count). The van der Waals surface area contributed by atoms with Crippen LogP contribution in [0.15, 0.2) is 255 Å². The molecular formula is C77H98N4. The number of hydrogen-bond donors (Lipinski definition) is 0. The van der Waals surface area contributed by atoms with Crippen LogP contribution in [0.5, 0.6) is 0 Å². The van der Waals surface area contributed by atoms with Crippen molar-refractivity contribution in [2.24, 2.45) is 0 Å². The Morgan fingerprint density at radius 1 is 0.296 bits per heavy atom. The van der Waals surface area contributed by atoms with Crippen LogP contribution in [0, 0.1) is 13.8 Å². The van der Waals surface area contributed by atoms with Gasteiger partial charge in [-0.25, -0.2) is 0 Å². The van der Waals surface area contributed by atoms with Crippen molar-refractivity contribution < 1.29 is 0 Å². The third-order valence-corrected chi connectivity index (χ3v) is 11.7. The summed E-state index contributed by atoms with van der Waals surface area (Å²) in [4.78, 5) is 17.3. The summed E-state index contributed by atoms with van der Waals surface area (Å²) < 4.78 is 0. The number of benzene rings is 6. The molecule has 0 aliphatic heterocycles. The Kier molecular flexibility index (Phi) is 41.9. The van der Waals surface area contributed by atoms with E-state index in [1.165, 1.54) is 81.4 Å². The topological polar surface area (TPSA) is 51.6 Å². The summed E-state index contributed by atoms with van der Waals surface area (Å²) in [5.74, 6) is 0. The first kappa shape index (κ1) is 70.9. The van der Waals surface area contributed by atoms with E-state index in [1.54, 1.807) is 6.20 Å². The van der Waals surface area contributed by atoms with Gasteiger partial charge in [0.2, 0.25) is 0 Å². The zero-order valence-electron chi connectivity index (χ0n) is 52.0. The van der Waals surface area contributed by atoms with Gasteiger partial charge < -0.3 is 0 Å². The van der Waals surface area contributed by atoms with Crippen LogP contribution in [0.4, 0.5) is 0 Å². The molecule has 4 heteroatoms. The van der Waals surface area contributed by atoms with Crippen molar-refractivity contribution in [1.82, 2.24) is 19.9 Å². The van der Waals surface area contributed by atoms with Crippen LogP contribution in [-0.2, 0) is 12.8 Å². The largest absolute Gasteiger partial charge is 0.264 e. The second-order valence-corrected chi connectivity index (χ2v) is 17.3. The molecule has 0 radical (unpaired) electrons. The fourth-order valence-corrected chi connectivity index (χ4v) is 7.67. The van der Waals surface area contributed by atoms with Crippen LogP contribution in [0.2, 0.25) is 0 Å². The summed E-state index contributed by atoms with van der Waals surface area (Å²) in [6.45, 7) is 28.7. The molecule has 0 aliphatic carbocycles. The lowest BCUT2D eigenvalue weighted by molar-refractivity contribution is 0.666. The molecule has 81 heavy (non-hydrogen) atoms. The maximum Gasteiger partial charge on any atom is 0.0702 e. The lowest BCUT2D eigenvalue weighted by Crippen LogP contribution is -1.89. The third kappa shape index (κ3) is 29.1. The van der Waals surface area contributed by atoms with E-state index in [9.17, 15) is 0 Å². The normalized spacial score (nSPS) is 9.21. The molecule has 0 atom stereocenters. The van der Waals surface area contributed by atoms with E-state index in [0.29, 0.717) is 0 Å². The monoisotopic (exact) mass is 1080 g/mol. The Bertz CT molecular complexity index is 2760. The fourth-order valence-electron chi connectivity index (χ4n) is 7.67. The minimum atomic E-state index is 1.03. The van der Waals surface area contributed by atoms with Crippen molar-refractivity contribution in [1.29, 1.82) is 0 Å². The maximum absolute atomic E-state index is 4.55. The molecule has 0 saturated heterocycles. The first-order valence-electron chi connectivity index (χ1n) is 30.1. The van der Waals surface area contributed by atoms with Crippen molar-refractivity contribution in [3.63, 3.8) is 0 Å². The number of aryl methyl sites for hydroxylation is 4. The van der Waals surface area contributed by atoms with Crippen molar-refractivity contribution in [2.75, 3.05) is 0 Å². The molecule has 426 valence electrons. The van der Waals surface area contributed by atoms with Gasteiger partial charge in [-0.15, -0.1) is 0 Å². The minimum Gasteiger partial charge on any atom is -0.264 e. The zero-order chi connectivity index (χ0) is 59.6. The lowest BCUT2D eigenvalue weighted by atomic mass is 10.00. The van der Waals surface area contributed by atoms with E-state index in [-0.39, 0.29) is 0 Å². The van der Waals surface area contributed by atoms with Gasteiger partial charge in [-0.3, -0.25) is 19.9 Å². The van der Waals surface area contributed by atoms with E-state index in [4.69, 9.17) is 0 Å². The molecule has 4 heterocycles. The average molecular weight is 1080 g/mol. The molecule has 0 aliphatic rings. The van der Waals surface area contributed by atoms with Crippen molar-refractivity contribution in [3.05, 3.63) is 278 Å². The standard InChI is InChI=1S/C17H21N.C14H15N.C14H14.2C11H9N.5C2H6/c1-2-3-4-6-9-15-12-13-17(18-14-15)16-10-7-5-8-11-16;1-2-6-14-10-9-13(11-15-14)12-7-4-3-5-8-12;1-11-7-9-13(10-8-11)14-6-4-3-5-12(14)2;1-2-6-10(7-3-1)11-8-4-5-9-12-11;1-2-5-10(6-3-1)11-7-4-8-12-9-11;5*1-2/h5,7-8,10-14H,2-4,6,9H2,1H3;3-5,7-11H,2,6H2,1H3;3-10H,1-2H3;2*1-9H;5*1-2H3. The SMILES string of the molecule is CC.CC.CC.CC.CC.CCCCCCc1ccc(-c2ccccc2)nc1.CCCc1ccc(-c2ccccc2)cn1.Cc1ccc(-c2ccccc2C)cc1.c1ccc(-c2ccccn2)cc1.c1ccc(-c2cccnc2)cc1. The summed E-state index contributed by atoms with van der Waals surface area (Å²) in [7, 11) is 0. The first-order chi connectivity index (χ1) is 40.0. The summed E-state index contributed by atoms with van der Waals surface area (Å²) in [6, 6.07) is 76.8. The van der Waals surface area contributed by atoms with Crippen LogP contribution in [-0.4, -0.2) is 19.9 Å². The van der Waals surface area contributed by atoms with E-state index < -0.39 is 0 Å². The Morgan fingerprint density at radius 3 is 1.22 bits per heavy atom. The van der Waals surface area contributed by atoms with Gasteiger partial charge in [0.15, 0.2) is 0 Å². The smallest absolute Gasteiger partial charge is 0.0702 e. The number of unbranched alkanes of at least 4 members (excludes halogenated alkanes) is 3. The molecule has 6 aromatic carbocycles. The molecule has 0 fully saturated rings. The van der Waals surface area contributed by atoms with Crippen LogP contribution in [0.1, 0.15) is 138 Å². The van der Waals surface area contributed by atoms with Crippen molar-refractivity contribution in [3.8, 4) is 55.9 Å². The Balaban J connectivity index is 0.000000489. The van der Waals surface area contributed by atoms with E-state index >= 15 is 0 Å². The fraction of sp³-hybridized carbons (Fsp3) is 0.273. The predicted molar refractivity (Wildman–Crippen MR) is 359 cm³/mol. The summed E-state index contributed by atoms with van der Waals surface area (Å²) in [6.07, 6.45) is 18.1. The Hall–Kier alpha value is -8.08. The van der Waals surface area contributed by atoms with Gasteiger partial charge in [0, 0.05) is 53.4 Å². The van der Waals surface area contributed by atoms with Gasteiger partial charge >= 0.3 is 0 Å². The van der Waals surface area contributed by atoms with Gasteiger partial charge in [-0.2, -0.15) is 0 Å². The maximum atomic E-state index is 4.55. The first-order valence-corrected chi connectivity index (χ1v) is 30.1. The molecule has 4 nitrogen and oxygen atoms in total.